The van der Waals surface area contributed by atoms with Crippen molar-refractivity contribution < 1.29 is 8.42 Å². The Kier molecular flexibility index (Phi) is 3.00. The fourth-order valence-corrected chi connectivity index (χ4v) is 3.25. The normalized spacial score (nSPS) is 20.1. The zero-order valence-corrected chi connectivity index (χ0v) is 10.0. The Morgan fingerprint density at radius 1 is 1.44 bits per heavy atom. The van der Waals surface area contributed by atoms with Gasteiger partial charge in [0.15, 0.2) is 0 Å². The highest BCUT2D eigenvalue weighted by atomic mass is 32.2. The van der Waals surface area contributed by atoms with E-state index < -0.39 is 10.0 Å². The summed E-state index contributed by atoms with van der Waals surface area (Å²) in [5, 5.41) is 3.88. The molecule has 0 aliphatic carbocycles. The van der Waals surface area contributed by atoms with Gasteiger partial charge < -0.3 is 5.73 Å². The van der Waals surface area contributed by atoms with Gasteiger partial charge in [0.1, 0.15) is 4.90 Å². The molecule has 1 aliphatic rings. The maximum absolute atomic E-state index is 12.1. The van der Waals surface area contributed by atoms with Crippen LogP contribution in [0.15, 0.2) is 17.3 Å². The van der Waals surface area contributed by atoms with Crippen LogP contribution in [-0.2, 0) is 17.1 Å². The molecule has 0 aromatic carbocycles. The van der Waals surface area contributed by atoms with E-state index in [0.29, 0.717) is 13.1 Å². The van der Waals surface area contributed by atoms with Gasteiger partial charge in [-0.15, -0.1) is 0 Å². The average molecular weight is 244 g/mol. The van der Waals surface area contributed by atoms with E-state index >= 15 is 0 Å². The lowest BCUT2D eigenvalue weighted by Gasteiger charge is -2.28. The second-order valence-electron chi connectivity index (χ2n) is 4.09. The first kappa shape index (κ1) is 11.6. The summed E-state index contributed by atoms with van der Waals surface area (Å²) in [6.07, 6.45) is 4.34. The molecule has 0 amide bonds. The van der Waals surface area contributed by atoms with Gasteiger partial charge in [0.05, 0.1) is 6.20 Å². The van der Waals surface area contributed by atoms with Crippen LogP contribution in [0, 0.1) is 0 Å². The summed E-state index contributed by atoms with van der Waals surface area (Å²) in [6.45, 7) is 0.997. The van der Waals surface area contributed by atoms with Gasteiger partial charge in [-0.25, -0.2) is 8.42 Å². The van der Waals surface area contributed by atoms with Crippen LogP contribution in [0.2, 0.25) is 0 Å². The van der Waals surface area contributed by atoms with Gasteiger partial charge in [0, 0.05) is 32.4 Å². The molecule has 0 radical (unpaired) electrons. The van der Waals surface area contributed by atoms with E-state index in [9.17, 15) is 8.42 Å². The van der Waals surface area contributed by atoms with E-state index in [0.717, 1.165) is 12.8 Å². The van der Waals surface area contributed by atoms with Crippen LogP contribution in [-0.4, -0.2) is 41.6 Å². The van der Waals surface area contributed by atoms with E-state index in [1.165, 1.54) is 21.4 Å². The molecule has 7 heteroatoms. The molecule has 0 spiro atoms. The second-order valence-corrected chi connectivity index (χ2v) is 6.03. The van der Waals surface area contributed by atoms with E-state index in [2.05, 4.69) is 5.10 Å². The van der Waals surface area contributed by atoms with Crippen LogP contribution in [0.4, 0.5) is 0 Å². The first-order valence-electron chi connectivity index (χ1n) is 5.24. The van der Waals surface area contributed by atoms with Gasteiger partial charge in [-0.1, -0.05) is 0 Å². The van der Waals surface area contributed by atoms with Crippen LogP contribution < -0.4 is 5.73 Å². The smallest absolute Gasteiger partial charge is 0.246 e. The third kappa shape index (κ3) is 2.11. The first-order chi connectivity index (χ1) is 7.50. The number of nitrogens with two attached hydrogens (primary N) is 1. The highest BCUT2D eigenvalue weighted by Gasteiger charge is 2.28. The largest absolute Gasteiger partial charge is 0.328 e. The molecule has 1 fully saturated rings. The quantitative estimate of drug-likeness (QED) is 0.762. The summed E-state index contributed by atoms with van der Waals surface area (Å²) in [7, 11) is -1.67. The highest BCUT2D eigenvalue weighted by molar-refractivity contribution is 7.89. The molecule has 0 atom stereocenters. The average Bonchev–Trinajstić information content (AvgIpc) is 2.66. The number of piperidine rings is 1. The van der Waals surface area contributed by atoms with Gasteiger partial charge in [0.2, 0.25) is 10.0 Å². The molecule has 0 saturated carbocycles. The number of sulfonamides is 1. The molecular formula is C9H16N4O2S. The minimum Gasteiger partial charge on any atom is -0.328 e. The topological polar surface area (TPSA) is 81.2 Å². The van der Waals surface area contributed by atoms with Crippen LogP contribution in [0.1, 0.15) is 12.8 Å². The number of aryl methyl sites for hydroxylation is 1. The first-order valence-corrected chi connectivity index (χ1v) is 6.68. The molecule has 1 saturated heterocycles. The zero-order valence-electron chi connectivity index (χ0n) is 9.20. The fourth-order valence-electron chi connectivity index (χ4n) is 1.80. The van der Waals surface area contributed by atoms with Gasteiger partial charge in [0.25, 0.3) is 0 Å². The molecule has 0 unspecified atom stereocenters. The predicted molar refractivity (Wildman–Crippen MR) is 59.2 cm³/mol. The minimum atomic E-state index is -3.37. The fraction of sp³-hybridized carbons (Fsp3) is 0.667. The van der Waals surface area contributed by atoms with E-state index in [1.54, 1.807) is 7.05 Å². The zero-order chi connectivity index (χ0) is 11.8. The predicted octanol–water partition coefficient (Wildman–Crippen LogP) is -0.468. The summed E-state index contributed by atoms with van der Waals surface area (Å²) in [4.78, 5) is 0.255. The second kappa shape index (κ2) is 4.15. The molecule has 16 heavy (non-hydrogen) atoms. The minimum absolute atomic E-state index is 0.125. The summed E-state index contributed by atoms with van der Waals surface area (Å²) in [5.41, 5.74) is 5.75. The maximum atomic E-state index is 12.1. The van der Waals surface area contributed by atoms with Crippen molar-refractivity contribution in [1.82, 2.24) is 14.1 Å². The van der Waals surface area contributed by atoms with Crippen molar-refractivity contribution in [2.45, 2.75) is 23.8 Å². The lowest BCUT2D eigenvalue weighted by atomic mass is 10.1. The van der Waals surface area contributed by atoms with E-state index in [4.69, 9.17) is 5.73 Å². The number of nitrogens with zero attached hydrogens (tertiary/aromatic N) is 3. The molecule has 90 valence electrons. The molecule has 6 nitrogen and oxygen atoms in total. The van der Waals surface area contributed by atoms with Crippen LogP contribution in [0.25, 0.3) is 0 Å². The van der Waals surface area contributed by atoms with Gasteiger partial charge >= 0.3 is 0 Å². The highest BCUT2D eigenvalue weighted by Crippen LogP contribution is 2.19. The monoisotopic (exact) mass is 244 g/mol. The van der Waals surface area contributed by atoms with Crippen molar-refractivity contribution in [2.24, 2.45) is 12.8 Å². The number of rotatable bonds is 2. The Bertz CT molecular complexity index is 460. The Hall–Kier alpha value is -0.920. The molecule has 1 aliphatic heterocycles. The molecule has 1 aromatic rings. The van der Waals surface area contributed by atoms with Crippen LogP contribution in [0.3, 0.4) is 0 Å². The summed E-state index contributed by atoms with van der Waals surface area (Å²) < 4.78 is 27.2. The van der Waals surface area contributed by atoms with Crippen molar-refractivity contribution in [2.75, 3.05) is 13.1 Å². The molecule has 2 heterocycles. The van der Waals surface area contributed by atoms with Gasteiger partial charge in [-0.3, -0.25) is 4.68 Å². The summed E-state index contributed by atoms with van der Waals surface area (Å²) >= 11 is 0. The molecule has 1 aromatic heterocycles. The lowest BCUT2D eigenvalue weighted by Crippen LogP contribution is -2.42. The Morgan fingerprint density at radius 3 is 2.56 bits per heavy atom. The number of hydrogen-bond donors (Lipinski definition) is 1. The van der Waals surface area contributed by atoms with Crippen LogP contribution in [0.5, 0.6) is 0 Å². The van der Waals surface area contributed by atoms with Crippen molar-refractivity contribution in [3.63, 3.8) is 0 Å². The molecule has 2 N–H and O–H groups in total. The standard InChI is InChI=1S/C9H16N4O2S/c1-12-7-9(6-11-12)16(14,15)13-4-2-8(10)3-5-13/h6-8H,2-5,10H2,1H3. The van der Waals surface area contributed by atoms with Crippen LogP contribution >= 0.6 is 0 Å². The Labute approximate surface area is 95.1 Å². The molecule has 2 rings (SSSR count). The third-order valence-electron chi connectivity index (χ3n) is 2.82. The lowest BCUT2D eigenvalue weighted by molar-refractivity contribution is 0.320. The van der Waals surface area contributed by atoms with Gasteiger partial charge in [-0.2, -0.15) is 9.40 Å². The number of aromatic nitrogens is 2. The Morgan fingerprint density at radius 2 is 2.06 bits per heavy atom. The number of hydrogen-bond acceptors (Lipinski definition) is 4. The summed E-state index contributed by atoms with van der Waals surface area (Å²) in [6, 6.07) is 0.125. The van der Waals surface area contributed by atoms with E-state index in [-0.39, 0.29) is 10.9 Å². The maximum Gasteiger partial charge on any atom is 0.246 e. The van der Waals surface area contributed by atoms with E-state index in [1.807, 2.05) is 0 Å². The van der Waals surface area contributed by atoms with Crippen molar-refractivity contribution >= 4 is 10.0 Å². The van der Waals surface area contributed by atoms with Gasteiger partial charge in [-0.05, 0) is 12.8 Å². The molecular weight excluding hydrogens is 228 g/mol. The summed E-state index contributed by atoms with van der Waals surface area (Å²) in [5.74, 6) is 0. The third-order valence-corrected chi connectivity index (χ3v) is 4.67. The SMILES string of the molecule is Cn1cc(S(=O)(=O)N2CCC(N)CC2)cn1. The molecule has 0 bridgehead atoms. The van der Waals surface area contributed by atoms with Crippen molar-refractivity contribution in [1.29, 1.82) is 0 Å². The van der Waals surface area contributed by atoms with Crippen molar-refractivity contribution in [3.8, 4) is 0 Å². The Balaban J connectivity index is 2.20. The van der Waals surface area contributed by atoms with Crippen molar-refractivity contribution in [3.05, 3.63) is 12.4 Å².